The molecule has 0 aromatic carbocycles. The minimum Gasteiger partial charge on any atom is -0.394 e. The van der Waals surface area contributed by atoms with Gasteiger partial charge in [-0.05, 0) is 31.4 Å². The van der Waals surface area contributed by atoms with Crippen molar-refractivity contribution in [3.63, 3.8) is 0 Å². The Morgan fingerprint density at radius 3 is 3.00 bits per heavy atom. The van der Waals surface area contributed by atoms with Crippen LogP contribution >= 0.6 is 0 Å². The number of aliphatic hydroxyl groups excluding tert-OH is 1. The molecule has 1 aromatic rings. The number of carbonyl (C=O) groups excluding carboxylic acids is 1. The third kappa shape index (κ3) is 3.91. The van der Waals surface area contributed by atoms with Crippen LogP contribution in [0, 0.1) is 0 Å². The zero-order chi connectivity index (χ0) is 14.4. The van der Waals surface area contributed by atoms with E-state index in [1.807, 2.05) is 6.92 Å². The molecule has 0 aliphatic carbocycles. The number of amides is 1. The highest BCUT2D eigenvalue weighted by molar-refractivity contribution is 5.94. The van der Waals surface area contributed by atoms with E-state index in [0.717, 1.165) is 19.3 Å². The molecule has 0 bridgehead atoms. The Hall–Kier alpha value is -1.66. The SMILES string of the molecule is CCC(CO)Nc1ccc(NC(=O)C2CCCO2)cn1. The van der Waals surface area contributed by atoms with Crippen LogP contribution in [-0.2, 0) is 9.53 Å². The zero-order valence-corrected chi connectivity index (χ0v) is 11.6. The van der Waals surface area contributed by atoms with Gasteiger partial charge in [0.05, 0.1) is 24.5 Å². The van der Waals surface area contributed by atoms with Crippen LogP contribution in [0.25, 0.3) is 0 Å². The number of carbonyl (C=O) groups is 1. The van der Waals surface area contributed by atoms with E-state index in [2.05, 4.69) is 15.6 Å². The molecule has 1 aromatic heterocycles. The lowest BCUT2D eigenvalue weighted by molar-refractivity contribution is -0.124. The molecule has 1 aliphatic heterocycles. The number of pyridine rings is 1. The predicted molar refractivity (Wildman–Crippen MR) is 76.6 cm³/mol. The Balaban J connectivity index is 1.89. The van der Waals surface area contributed by atoms with Crippen LogP contribution in [0.4, 0.5) is 11.5 Å². The fourth-order valence-electron chi connectivity index (χ4n) is 2.05. The number of ether oxygens (including phenoxy) is 1. The Labute approximate surface area is 118 Å². The van der Waals surface area contributed by atoms with Crippen LogP contribution < -0.4 is 10.6 Å². The van der Waals surface area contributed by atoms with Crippen molar-refractivity contribution in [1.82, 2.24) is 4.98 Å². The van der Waals surface area contributed by atoms with Crippen LogP contribution in [0.5, 0.6) is 0 Å². The van der Waals surface area contributed by atoms with Crippen LogP contribution in [0.15, 0.2) is 18.3 Å². The first-order valence-corrected chi connectivity index (χ1v) is 6.99. The highest BCUT2D eigenvalue weighted by Crippen LogP contribution is 2.16. The summed E-state index contributed by atoms with van der Waals surface area (Å²) >= 11 is 0. The van der Waals surface area contributed by atoms with E-state index in [0.29, 0.717) is 18.1 Å². The maximum atomic E-state index is 11.9. The van der Waals surface area contributed by atoms with E-state index in [9.17, 15) is 4.79 Å². The lowest BCUT2D eigenvalue weighted by atomic mass is 10.2. The second-order valence-electron chi connectivity index (χ2n) is 4.86. The number of rotatable bonds is 6. The summed E-state index contributed by atoms with van der Waals surface area (Å²) in [4.78, 5) is 16.1. The van der Waals surface area contributed by atoms with Gasteiger partial charge in [-0.2, -0.15) is 0 Å². The zero-order valence-electron chi connectivity index (χ0n) is 11.6. The minimum absolute atomic E-state index is 0.00479. The van der Waals surface area contributed by atoms with Gasteiger partial charge in [0, 0.05) is 6.61 Å². The van der Waals surface area contributed by atoms with E-state index in [-0.39, 0.29) is 24.7 Å². The van der Waals surface area contributed by atoms with Gasteiger partial charge in [-0.1, -0.05) is 6.92 Å². The van der Waals surface area contributed by atoms with Crippen LogP contribution in [-0.4, -0.2) is 41.4 Å². The van der Waals surface area contributed by atoms with E-state index in [1.165, 1.54) is 0 Å². The van der Waals surface area contributed by atoms with Crippen molar-refractivity contribution in [1.29, 1.82) is 0 Å². The number of hydrogen-bond acceptors (Lipinski definition) is 5. The molecule has 6 heteroatoms. The number of nitrogens with zero attached hydrogens (tertiary/aromatic N) is 1. The summed E-state index contributed by atoms with van der Waals surface area (Å²) in [6.07, 6.45) is 3.77. The van der Waals surface area contributed by atoms with Gasteiger partial charge in [0.1, 0.15) is 11.9 Å². The third-order valence-corrected chi connectivity index (χ3v) is 3.32. The molecule has 110 valence electrons. The average molecular weight is 279 g/mol. The van der Waals surface area contributed by atoms with Gasteiger partial charge in [-0.15, -0.1) is 0 Å². The largest absolute Gasteiger partial charge is 0.394 e. The van der Waals surface area contributed by atoms with Gasteiger partial charge in [-0.3, -0.25) is 4.79 Å². The van der Waals surface area contributed by atoms with E-state index < -0.39 is 0 Å². The molecule has 1 amide bonds. The summed E-state index contributed by atoms with van der Waals surface area (Å²) in [6.45, 7) is 2.71. The Morgan fingerprint density at radius 1 is 1.60 bits per heavy atom. The van der Waals surface area contributed by atoms with Crippen molar-refractivity contribution in [3.05, 3.63) is 18.3 Å². The van der Waals surface area contributed by atoms with Crippen molar-refractivity contribution in [3.8, 4) is 0 Å². The Bertz CT molecular complexity index is 426. The Kier molecular flexibility index (Phi) is 5.31. The van der Waals surface area contributed by atoms with Crippen molar-refractivity contribution in [2.75, 3.05) is 23.8 Å². The van der Waals surface area contributed by atoms with Gasteiger partial charge < -0.3 is 20.5 Å². The third-order valence-electron chi connectivity index (χ3n) is 3.32. The molecule has 0 spiro atoms. The van der Waals surface area contributed by atoms with E-state index in [4.69, 9.17) is 9.84 Å². The highest BCUT2D eigenvalue weighted by Gasteiger charge is 2.23. The van der Waals surface area contributed by atoms with Crippen molar-refractivity contribution in [2.24, 2.45) is 0 Å². The smallest absolute Gasteiger partial charge is 0.253 e. The van der Waals surface area contributed by atoms with Crippen molar-refractivity contribution in [2.45, 2.75) is 38.3 Å². The number of anilines is 2. The summed E-state index contributed by atoms with van der Waals surface area (Å²) in [5.41, 5.74) is 0.646. The molecule has 1 aliphatic rings. The van der Waals surface area contributed by atoms with E-state index in [1.54, 1.807) is 18.3 Å². The molecule has 6 nitrogen and oxygen atoms in total. The van der Waals surface area contributed by atoms with Crippen LogP contribution in [0.1, 0.15) is 26.2 Å². The van der Waals surface area contributed by atoms with Gasteiger partial charge in [0.25, 0.3) is 5.91 Å². The maximum Gasteiger partial charge on any atom is 0.253 e. The second kappa shape index (κ2) is 7.21. The molecular formula is C14H21N3O3. The molecule has 1 fully saturated rings. The molecule has 1 saturated heterocycles. The second-order valence-corrected chi connectivity index (χ2v) is 4.86. The molecule has 0 radical (unpaired) electrons. The quantitative estimate of drug-likeness (QED) is 0.732. The normalized spacial score (nSPS) is 19.6. The number of aliphatic hydroxyl groups is 1. The van der Waals surface area contributed by atoms with Gasteiger partial charge >= 0.3 is 0 Å². The minimum atomic E-state index is -0.341. The molecule has 2 heterocycles. The summed E-state index contributed by atoms with van der Waals surface area (Å²) < 4.78 is 5.32. The first-order valence-electron chi connectivity index (χ1n) is 6.99. The van der Waals surface area contributed by atoms with Crippen molar-refractivity contribution < 1.29 is 14.6 Å². The van der Waals surface area contributed by atoms with Crippen LogP contribution in [0.2, 0.25) is 0 Å². The molecule has 2 rings (SSSR count). The molecule has 0 saturated carbocycles. The average Bonchev–Trinajstić information content (AvgIpc) is 3.01. The number of nitrogens with one attached hydrogen (secondary N) is 2. The fourth-order valence-corrected chi connectivity index (χ4v) is 2.05. The Morgan fingerprint density at radius 2 is 2.45 bits per heavy atom. The molecule has 2 unspecified atom stereocenters. The summed E-state index contributed by atoms with van der Waals surface area (Å²) in [5.74, 6) is 0.563. The van der Waals surface area contributed by atoms with E-state index >= 15 is 0 Å². The number of hydrogen-bond donors (Lipinski definition) is 3. The van der Waals surface area contributed by atoms with Gasteiger partial charge in [-0.25, -0.2) is 4.98 Å². The highest BCUT2D eigenvalue weighted by atomic mass is 16.5. The first kappa shape index (κ1) is 14.7. The lowest BCUT2D eigenvalue weighted by Crippen LogP contribution is -2.27. The summed E-state index contributed by atoms with van der Waals surface area (Å²) in [7, 11) is 0. The molecule has 2 atom stereocenters. The topological polar surface area (TPSA) is 83.5 Å². The number of aromatic nitrogens is 1. The lowest BCUT2D eigenvalue weighted by Gasteiger charge is -2.15. The van der Waals surface area contributed by atoms with Crippen molar-refractivity contribution >= 4 is 17.4 Å². The monoisotopic (exact) mass is 279 g/mol. The van der Waals surface area contributed by atoms with Gasteiger partial charge in [0.15, 0.2) is 0 Å². The molecule has 3 N–H and O–H groups in total. The molecular weight excluding hydrogens is 258 g/mol. The van der Waals surface area contributed by atoms with Crippen LogP contribution in [0.3, 0.4) is 0 Å². The first-order chi connectivity index (χ1) is 9.72. The standard InChI is InChI=1S/C14H21N3O3/c1-2-10(9-18)16-13-6-5-11(8-15-13)17-14(19)12-4-3-7-20-12/h5-6,8,10,12,18H,2-4,7,9H2,1H3,(H,15,16)(H,17,19). The fraction of sp³-hybridized carbons (Fsp3) is 0.571. The predicted octanol–water partition coefficient (Wildman–Crippen LogP) is 1.38. The maximum absolute atomic E-state index is 11.9. The molecule has 20 heavy (non-hydrogen) atoms. The summed E-state index contributed by atoms with van der Waals surface area (Å²) in [5, 5.41) is 15.0. The summed E-state index contributed by atoms with van der Waals surface area (Å²) in [6, 6.07) is 3.56. The van der Waals surface area contributed by atoms with Gasteiger partial charge in [0.2, 0.25) is 0 Å².